The largest absolute Gasteiger partial charge is 0.366 e. The van der Waals surface area contributed by atoms with Gasteiger partial charge in [-0.2, -0.15) is 0 Å². The number of amides is 2. The third kappa shape index (κ3) is 4.78. The molecule has 2 amide bonds. The summed E-state index contributed by atoms with van der Waals surface area (Å²) in [5.74, 6) is -1.14. The smallest absolute Gasteiger partial charge is 0.279 e. The molecule has 1 atom stereocenters. The zero-order valence-electron chi connectivity index (χ0n) is 13.1. The lowest BCUT2D eigenvalue weighted by molar-refractivity contribution is -0.885. The number of rotatable bonds is 6. The van der Waals surface area contributed by atoms with E-state index >= 15 is 0 Å². The zero-order valence-corrected chi connectivity index (χ0v) is 13.9. The predicted octanol–water partition coefficient (Wildman–Crippen LogP) is 1.23. The van der Waals surface area contributed by atoms with Crippen molar-refractivity contribution >= 4 is 29.1 Å². The molecular weight excluding hydrogens is 333 g/mol. The zero-order chi connectivity index (χ0) is 17.7. The molecule has 0 aromatic heterocycles. The van der Waals surface area contributed by atoms with Crippen molar-refractivity contribution in [1.29, 1.82) is 0 Å². The third-order valence-electron chi connectivity index (χ3n) is 3.46. The molecule has 0 aliphatic carbocycles. The molecule has 7 heteroatoms. The fourth-order valence-electron chi connectivity index (χ4n) is 2.26. The summed E-state index contributed by atoms with van der Waals surface area (Å²) in [7, 11) is 1.78. The SMILES string of the molecule is C[NH+](CC(=O)Nc1ccc(C(N)=O)cc1)Cc1c(F)cccc1Cl. The van der Waals surface area contributed by atoms with Crippen LogP contribution in [0, 0.1) is 5.82 Å². The van der Waals surface area contributed by atoms with Crippen molar-refractivity contribution in [3.05, 3.63) is 64.4 Å². The number of anilines is 1. The molecule has 24 heavy (non-hydrogen) atoms. The van der Waals surface area contributed by atoms with Gasteiger partial charge in [0.05, 0.1) is 17.6 Å². The Hall–Kier alpha value is -2.44. The van der Waals surface area contributed by atoms with Gasteiger partial charge in [0, 0.05) is 11.3 Å². The second-order valence-corrected chi connectivity index (χ2v) is 5.91. The highest BCUT2D eigenvalue weighted by Gasteiger charge is 2.15. The maximum Gasteiger partial charge on any atom is 0.279 e. The Labute approximate surface area is 144 Å². The number of hydrogen-bond acceptors (Lipinski definition) is 2. The Morgan fingerprint density at radius 2 is 1.88 bits per heavy atom. The minimum Gasteiger partial charge on any atom is -0.366 e. The van der Waals surface area contributed by atoms with Crippen LogP contribution in [0.2, 0.25) is 5.02 Å². The fourth-order valence-corrected chi connectivity index (χ4v) is 2.49. The number of quaternary nitrogens is 1. The number of nitrogens with one attached hydrogen (secondary N) is 2. The molecule has 0 aliphatic heterocycles. The summed E-state index contributed by atoms with van der Waals surface area (Å²) in [6.45, 7) is 0.432. The summed E-state index contributed by atoms with van der Waals surface area (Å²) < 4.78 is 13.8. The van der Waals surface area contributed by atoms with Crippen LogP contribution in [0.25, 0.3) is 0 Å². The highest BCUT2D eigenvalue weighted by atomic mass is 35.5. The van der Waals surface area contributed by atoms with Crippen LogP contribution in [0.5, 0.6) is 0 Å². The average molecular weight is 351 g/mol. The van der Waals surface area contributed by atoms with E-state index in [9.17, 15) is 14.0 Å². The van der Waals surface area contributed by atoms with Gasteiger partial charge in [-0.15, -0.1) is 0 Å². The van der Waals surface area contributed by atoms with Crippen molar-refractivity contribution in [2.45, 2.75) is 6.54 Å². The Bertz CT molecular complexity index is 730. The van der Waals surface area contributed by atoms with Crippen LogP contribution in [0.3, 0.4) is 0 Å². The molecular formula is C17H18ClFN3O2+. The summed E-state index contributed by atoms with van der Waals surface area (Å²) >= 11 is 5.99. The first-order valence-corrected chi connectivity index (χ1v) is 7.68. The number of halogens is 2. The van der Waals surface area contributed by atoms with Crippen LogP contribution >= 0.6 is 11.6 Å². The number of carbonyl (C=O) groups is 2. The number of primary amides is 1. The average Bonchev–Trinajstić information content (AvgIpc) is 2.51. The van der Waals surface area contributed by atoms with E-state index in [4.69, 9.17) is 17.3 Å². The van der Waals surface area contributed by atoms with Gasteiger partial charge >= 0.3 is 0 Å². The molecule has 5 nitrogen and oxygen atoms in total. The van der Waals surface area contributed by atoms with Gasteiger partial charge in [0.1, 0.15) is 12.4 Å². The van der Waals surface area contributed by atoms with Crippen molar-refractivity contribution in [2.75, 3.05) is 18.9 Å². The van der Waals surface area contributed by atoms with E-state index in [-0.39, 0.29) is 18.3 Å². The molecule has 0 heterocycles. The Morgan fingerprint density at radius 3 is 2.46 bits per heavy atom. The summed E-state index contributed by atoms with van der Waals surface area (Å²) in [5.41, 5.74) is 6.46. The normalized spacial score (nSPS) is 11.8. The molecule has 2 aromatic carbocycles. The van der Waals surface area contributed by atoms with Crippen molar-refractivity contribution in [1.82, 2.24) is 0 Å². The van der Waals surface area contributed by atoms with E-state index in [1.54, 1.807) is 31.3 Å². The highest BCUT2D eigenvalue weighted by Crippen LogP contribution is 2.17. The molecule has 0 spiro atoms. The predicted molar refractivity (Wildman–Crippen MR) is 90.5 cm³/mol. The van der Waals surface area contributed by atoms with E-state index in [1.807, 2.05) is 0 Å². The van der Waals surface area contributed by atoms with E-state index < -0.39 is 5.91 Å². The van der Waals surface area contributed by atoms with Gasteiger partial charge in [-0.3, -0.25) is 9.59 Å². The molecule has 2 rings (SSSR count). The van der Waals surface area contributed by atoms with Gasteiger partial charge < -0.3 is 16.0 Å². The highest BCUT2D eigenvalue weighted by molar-refractivity contribution is 6.31. The molecule has 0 bridgehead atoms. The van der Waals surface area contributed by atoms with Crippen LogP contribution in [0.4, 0.5) is 10.1 Å². The monoisotopic (exact) mass is 350 g/mol. The van der Waals surface area contributed by atoms with Crippen LogP contribution in [-0.4, -0.2) is 25.4 Å². The quantitative estimate of drug-likeness (QED) is 0.733. The molecule has 2 aromatic rings. The molecule has 4 N–H and O–H groups in total. The summed E-state index contributed by atoms with van der Waals surface area (Å²) in [4.78, 5) is 23.8. The number of benzene rings is 2. The number of hydrogen-bond donors (Lipinski definition) is 3. The maximum atomic E-state index is 13.8. The molecule has 0 radical (unpaired) electrons. The Morgan fingerprint density at radius 1 is 1.21 bits per heavy atom. The van der Waals surface area contributed by atoms with E-state index in [2.05, 4.69) is 5.32 Å². The third-order valence-corrected chi connectivity index (χ3v) is 3.81. The van der Waals surface area contributed by atoms with E-state index in [0.717, 1.165) is 4.90 Å². The van der Waals surface area contributed by atoms with Gasteiger partial charge in [0.25, 0.3) is 5.91 Å². The first-order chi connectivity index (χ1) is 11.4. The summed E-state index contributed by atoms with van der Waals surface area (Å²) in [6, 6.07) is 10.8. The van der Waals surface area contributed by atoms with Crippen molar-refractivity contribution in [3.8, 4) is 0 Å². The minimum atomic E-state index is -0.529. The van der Waals surface area contributed by atoms with E-state index in [0.29, 0.717) is 28.4 Å². The van der Waals surface area contributed by atoms with Gasteiger partial charge in [-0.05, 0) is 36.4 Å². The first kappa shape index (κ1) is 17.9. The van der Waals surface area contributed by atoms with Crippen molar-refractivity contribution < 1.29 is 18.9 Å². The number of likely N-dealkylation sites (N-methyl/N-ethyl adjacent to an activating group) is 1. The van der Waals surface area contributed by atoms with Crippen LogP contribution in [0.1, 0.15) is 15.9 Å². The molecule has 1 unspecified atom stereocenters. The lowest BCUT2D eigenvalue weighted by atomic mass is 10.2. The Kier molecular flexibility index (Phi) is 5.89. The molecule has 0 saturated carbocycles. The van der Waals surface area contributed by atoms with E-state index in [1.165, 1.54) is 18.2 Å². The second-order valence-electron chi connectivity index (χ2n) is 5.50. The number of carbonyl (C=O) groups excluding carboxylic acids is 2. The van der Waals surface area contributed by atoms with Gasteiger partial charge in [0.2, 0.25) is 5.91 Å². The Balaban J connectivity index is 1.93. The molecule has 126 valence electrons. The summed E-state index contributed by atoms with van der Waals surface area (Å²) in [5, 5.41) is 3.06. The summed E-state index contributed by atoms with van der Waals surface area (Å²) in [6.07, 6.45) is 0. The fraction of sp³-hybridized carbons (Fsp3) is 0.176. The van der Waals surface area contributed by atoms with Gasteiger partial charge in [-0.25, -0.2) is 4.39 Å². The van der Waals surface area contributed by atoms with Crippen LogP contribution in [-0.2, 0) is 11.3 Å². The van der Waals surface area contributed by atoms with Crippen LogP contribution < -0.4 is 16.0 Å². The minimum absolute atomic E-state index is 0.141. The topological polar surface area (TPSA) is 76.6 Å². The first-order valence-electron chi connectivity index (χ1n) is 7.30. The molecule has 0 fully saturated rings. The van der Waals surface area contributed by atoms with Gasteiger partial charge in [-0.1, -0.05) is 17.7 Å². The maximum absolute atomic E-state index is 13.8. The molecule has 0 saturated heterocycles. The lowest BCUT2D eigenvalue weighted by Crippen LogP contribution is -3.08. The lowest BCUT2D eigenvalue weighted by Gasteiger charge is -2.15. The van der Waals surface area contributed by atoms with Crippen molar-refractivity contribution in [3.63, 3.8) is 0 Å². The second kappa shape index (κ2) is 7.90. The van der Waals surface area contributed by atoms with Gasteiger partial charge in [0.15, 0.2) is 6.54 Å². The molecule has 0 aliphatic rings. The number of nitrogens with two attached hydrogens (primary N) is 1. The standard InChI is InChI=1S/C17H17ClFN3O2/c1-22(9-13-14(18)3-2-4-15(13)19)10-16(23)21-12-7-5-11(6-8-12)17(20)24/h2-8H,9-10H2,1H3,(H2,20,24)(H,21,23)/p+1. The van der Waals surface area contributed by atoms with Crippen molar-refractivity contribution in [2.24, 2.45) is 5.73 Å². The van der Waals surface area contributed by atoms with Crippen LogP contribution in [0.15, 0.2) is 42.5 Å².